The summed E-state index contributed by atoms with van der Waals surface area (Å²) in [6.07, 6.45) is 2.30. The second-order valence-corrected chi connectivity index (χ2v) is 4.64. The number of hydrogen-bond donors (Lipinski definition) is 3. The summed E-state index contributed by atoms with van der Waals surface area (Å²) in [6.45, 7) is 0.408. The third-order valence-corrected chi connectivity index (χ3v) is 2.92. The normalized spacial score (nSPS) is 13.9. The second kappa shape index (κ2) is 7.12. The zero-order valence-corrected chi connectivity index (χ0v) is 11.5. The number of aliphatic hydroxyl groups is 1. The molecule has 1 aromatic carbocycles. The van der Waals surface area contributed by atoms with E-state index in [9.17, 15) is 4.79 Å². The first kappa shape index (κ1) is 14.6. The molecule has 1 aliphatic carbocycles. The summed E-state index contributed by atoms with van der Waals surface area (Å²) in [4.78, 5) is 11.7. The van der Waals surface area contributed by atoms with Crippen molar-refractivity contribution in [1.82, 2.24) is 5.32 Å². The molecule has 0 unspecified atom stereocenters. The summed E-state index contributed by atoms with van der Waals surface area (Å²) in [5.41, 5.74) is 0.640. The van der Waals surface area contributed by atoms with Crippen LogP contribution in [0, 0.1) is 0 Å². The number of anilines is 1. The molecule has 1 amide bonds. The van der Waals surface area contributed by atoms with Gasteiger partial charge in [-0.3, -0.25) is 4.79 Å². The fourth-order valence-corrected chi connectivity index (χ4v) is 1.75. The average Bonchev–Trinajstić information content (AvgIpc) is 3.27. The van der Waals surface area contributed by atoms with Crippen LogP contribution in [0.15, 0.2) is 18.2 Å². The van der Waals surface area contributed by atoms with Crippen LogP contribution in [0.25, 0.3) is 0 Å². The fraction of sp³-hybridized carbons (Fsp3) is 0.500. The maximum Gasteiger partial charge on any atom is 0.238 e. The molecule has 3 N–H and O–H groups in total. The van der Waals surface area contributed by atoms with Crippen molar-refractivity contribution >= 4 is 11.6 Å². The zero-order valence-electron chi connectivity index (χ0n) is 11.5. The topological polar surface area (TPSA) is 79.8 Å². The van der Waals surface area contributed by atoms with E-state index in [1.54, 1.807) is 25.3 Å². The minimum atomic E-state index is -0.0878. The van der Waals surface area contributed by atoms with Gasteiger partial charge < -0.3 is 25.2 Å². The van der Waals surface area contributed by atoms with Crippen molar-refractivity contribution in [2.24, 2.45) is 0 Å². The molecule has 20 heavy (non-hydrogen) atoms. The predicted octanol–water partition coefficient (Wildman–Crippen LogP) is 0.757. The van der Waals surface area contributed by atoms with Crippen LogP contribution in [0.5, 0.6) is 11.5 Å². The number of nitrogens with one attached hydrogen (secondary N) is 2. The molecular formula is C14H20N2O4. The number of carbonyl (C=O) groups is 1. The number of ether oxygens (including phenoxy) is 2. The van der Waals surface area contributed by atoms with E-state index in [-0.39, 0.29) is 19.1 Å². The Labute approximate surface area is 118 Å². The summed E-state index contributed by atoms with van der Waals surface area (Å²) in [7, 11) is 1.54. The quantitative estimate of drug-likeness (QED) is 0.655. The monoisotopic (exact) mass is 280 g/mol. The van der Waals surface area contributed by atoms with Gasteiger partial charge in [0.2, 0.25) is 5.91 Å². The van der Waals surface area contributed by atoms with E-state index in [4.69, 9.17) is 14.6 Å². The van der Waals surface area contributed by atoms with Gasteiger partial charge in [0.15, 0.2) is 11.5 Å². The Morgan fingerprint density at radius 2 is 2.20 bits per heavy atom. The standard InChI is InChI=1S/C14H20N2O4/c1-19-12-5-4-11(8-13(12)20-7-6-17)16-14(18)9-15-10-2-3-10/h4-5,8,10,15,17H,2-3,6-7,9H2,1H3,(H,16,18). The number of rotatable bonds is 8. The third-order valence-electron chi connectivity index (χ3n) is 2.92. The maximum absolute atomic E-state index is 11.7. The minimum Gasteiger partial charge on any atom is -0.493 e. The lowest BCUT2D eigenvalue weighted by atomic mass is 10.2. The van der Waals surface area contributed by atoms with Crippen molar-refractivity contribution in [3.63, 3.8) is 0 Å². The molecule has 0 aliphatic heterocycles. The molecule has 0 radical (unpaired) electrons. The minimum absolute atomic E-state index is 0.0783. The molecule has 2 rings (SSSR count). The van der Waals surface area contributed by atoms with Gasteiger partial charge in [-0.25, -0.2) is 0 Å². The predicted molar refractivity (Wildman–Crippen MR) is 75.2 cm³/mol. The Kier molecular flexibility index (Phi) is 5.20. The number of aliphatic hydroxyl groups excluding tert-OH is 1. The van der Waals surface area contributed by atoms with Gasteiger partial charge in [0.25, 0.3) is 0 Å². The van der Waals surface area contributed by atoms with Crippen LogP contribution in [-0.4, -0.2) is 43.9 Å². The largest absolute Gasteiger partial charge is 0.493 e. The van der Waals surface area contributed by atoms with E-state index < -0.39 is 0 Å². The van der Waals surface area contributed by atoms with Gasteiger partial charge in [-0.15, -0.1) is 0 Å². The summed E-state index contributed by atoms with van der Waals surface area (Å²) in [5, 5.41) is 14.7. The molecule has 1 fully saturated rings. The number of amides is 1. The molecule has 1 saturated carbocycles. The van der Waals surface area contributed by atoms with Crippen LogP contribution in [0.3, 0.4) is 0 Å². The molecule has 0 bridgehead atoms. The molecule has 0 heterocycles. The van der Waals surface area contributed by atoms with Crippen LogP contribution < -0.4 is 20.1 Å². The number of hydrogen-bond acceptors (Lipinski definition) is 5. The van der Waals surface area contributed by atoms with Crippen molar-refractivity contribution in [3.05, 3.63) is 18.2 Å². The Balaban J connectivity index is 1.93. The zero-order chi connectivity index (χ0) is 14.4. The van der Waals surface area contributed by atoms with Gasteiger partial charge in [-0.2, -0.15) is 0 Å². The molecule has 6 heteroatoms. The van der Waals surface area contributed by atoms with Crippen LogP contribution in [0.1, 0.15) is 12.8 Å². The van der Waals surface area contributed by atoms with Gasteiger partial charge in [-0.1, -0.05) is 0 Å². The van der Waals surface area contributed by atoms with Crippen molar-refractivity contribution < 1.29 is 19.4 Å². The molecule has 1 aromatic rings. The molecule has 0 spiro atoms. The summed E-state index contributed by atoms with van der Waals surface area (Å²) >= 11 is 0. The fourth-order valence-electron chi connectivity index (χ4n) is 1.75. The summed E-state index contributed by atoms with van der Waals surface area (Å²) in [5.74, 6) is 0.970. The summed E-state index contributed by atoms with van der Waals surface area (Å²) in [6, 6.07) is 5.65. The Bertz CT molecular complexity index is 460. The first-order valence-corrected chi connectivity index (χ1v) is 6.68. The molecule has 1 aliphatic rings. The Morgan fingerprint density at radius 1 is 1.40 bits per heavy atom. The van der Waals surface area contributed by atoms with E-state index in [2.05, 4.69) is 10.6 Å². The van der Waals surface area contributed by atoms with Crippen LogP contribution in [-0.2, 0) is 4.79 Å². The molecule has 6 nitrogen and oxygen atoms in total. The lowest BCUT2D eigenvalue weighted by Crippen LogP contribution is -2.29. The lowest BCUT2D eigenvalue weighted by Gasteiger charge is -2.12. The highest BCUT2D eigenvalue weighted by molar-refractivity contribution is 5.92. The van der Waals surface area contributed by atoms with E-state index >= 15 is 0 Å². The van der Waals surface area contributed by atoms with E-state index in [0.29, 0.717) is 29.8 Å². The highest BCUT2D eigenvalue weighted by atomic mass is 16.5. The first-order valence-electron chi connectivity index (χ1n) is 6.68. The van der Waals surface area contributed by atoms with Gasteiger partial charge in [0.1, 0.15) is 6.61 Å². The molecular weight excluding hydrogens is 260 g/mol. The lowest BCUT2D eigenvalue weighted by molar-refractivity contribution is -0.115. The Hall–Kier alpha value is -1.79. The number of benzene rings is 1. The maximum atomic E-state index is 11.7. The molecule has 0 aromatic heterocycles. The van der Waals surface area contributed by atoms with Gasteiger partial charge in [0.05, 0.1) is 20.3 Å². The SMILES string of the molecule is COc1ccc(NC(=O)CNC2CC2)cc1OCCO. The highest BCUT2D eigenvalue weighted by Gasteiger charge is 2.21. The van der Waals surface area contributed by atoms with Crippen molar-refractivity contribution in [2.75, 3.05) is 32.2 Å². The Morgan fingerprint density at radius 3 is 2.85 bits per heavy atom. The highest BCUT2D eigenvalue weighted by Crippen LogP contribution is 2.30. The summed E-state index contributed by atoms with van der Waals surface area (Å²) < 4.78 is 10.5. The van der Waals surface area contributed by atoms with Crippen molar-refractivity contribution in [3.8, 4) is 11.5 Å². The third kappa shape index (κ3) is 4.40. The smallest absolute Gasteiger partial charge is 0.238 e. The number of carbonyl (C=O) groups excluding carboxylic acids is 1. The van der Waals surface area contributed by atoms with E-state index in [1.807, 2.05) is 0 Å². The number of methoxy groups -OCH3 is 1. The van der Waals surface area contributed by atoms with Crippen LogP contribution >= 0.6 is 0 Å². The average molecular weight is 280 g/mol. The molecule has 110 valence electrons. The molecule has 0 saturated heterocycles. The van der Waals surface area contributed by atoms with Crippen LogP contribution in [0.4, 0.5) is 5.69 Å². The van der Waals surface area contributed by atoms with Gasteiger partial charge in [0, 0.05) is 17.8 Å². The molecule has 0 atom stereocenters. The van der Waals surface area contributed by atoms with Crippen molar-refractivity contribution in [2.45, 2.75) is 18.9 Å². The van der Waals surface area contributed by atoms with Crippen LogP contribution in [0.2, 0.25) is 0 Å². The van der Waals surface area contributed by atoms with Crippen molar-refractivity contribution in [1.29, 1.82) is 0 Å². The van der Waals surface area contributed by atoms with E-state index in [0.717, 1.165) is 12.8 Å². The first-order chi connectivity index (χ1) is 9.72. The van der Waals surface area contributed by atoms with E-state index in [1.165, 1.54) is 0 Å². The van der Waals surface area contributed by atoms with Gasteiger partial charge in [-0.05, 0) is 25.0 Å². The second-order valence-electron chi connectivity index (χ2n) is 4.64. The van der Waals surface area contributed by atoms with Gasteiger partial charge >= 0.3 is 0 Å².